The molecule has 0 aliphatic carbocycles. The van der Waals surface area contributed by atoms with Crippen LogP contribution in [0, 0.1) is 12.9 Å². The largest absolute Gasteiger partial charge is 0.364 e. The van der Waals surface area contributed by atoms with Gasteiger partial charge in [-0.1, -0.05) is 0 Å². The van der Waals surface area contributed by atoms with Crippen molar-refractivity contribution in [3.63, 3.8) is 0 Å². The molecule has 112 valence electrons. The van der Waals surface area contributed by atoms with Crippen LogP contribution >= 0.6 is 12.4 Å². The van der Waals surface area contributed by atoms with E-state index in [0.29, 0.717) is 22.5 Å². The number of hydrogen-bond acceptors (Lipinski definition) is 3. The number of nitrogens with zero attached hydrogens (tertiary/aromatic N) is 4. The van der Waals surface area contributed by atoms with Gasteiger partial charge in [0, 0.05) is 30.9 Å². The van der Waals surface area contributed by atoms with Gasteiger partial charge >= 0.3 is 6.55 Å². The summed E-state index contributed by atoms with van der Waals surface area (Å²) < 4.78 is 40.3. The fraction of sp³-hybridized carbons (Fsp3) is 0.455. The Morgan fingerprint density at radius 3 is 2.55 bits per heavy atom. The molecule has 20 heavy (non-hydrogen) atoms. The molecule has 0 radical (unpaired) electrons. The van der Waals surface area contributed by atoms with E-state index in [1.165, 1.54) is 10.7 Å². The highest BCUT2D eigenvalue weighted by Crippen LogP contribution is 2.16. The van der Waals surface area contributed by atoms with Crippen LogP contribution in [0.5, 0.6) is 0 Å². The van der Waals surface area contributed by atoms with E-state index >= 15 is 0 Å². The fourth-order valence-corrected chi connectivity index (χ4v) is 1.72. The van der Waals surface area contributed by atoms with Gasteiger partial charge in [0.25, 0.3) is 0 Å². The second-order valence-corrected chi connectivity index (χ2v) is 3.98. The quantitative estimate of drug-likeness (QED) is 0.923. The summed E-state index contributed by atoms with van der Waals surface area (Å²) in [6.07, 6.45) is 1.16. The van der Waals surface area contributed by atoms with E-state index in [1.807, 2.05) is 0 Å². The Morgan fingerprint density at radius 1 is 1.35 bits per heavy atom. The summed E-state index contributed by atoms with van der Waals surface area (Å²) in [7, 11) is 0. The van der Waals surface area contributed by atoms with Gasteiger partial charge in [-0.15, -0.1) is 12.4 Å². The standard InChI is InChI=1S/C11H14F3N5.ClH/c1-3-18-10(12)8(7(2)16-18)6-15-9-4-5-19(17-9)11(13)14;/h4-5,11H,3,6H2,1-2H3,(H,15,17);1H. The highest BCUT2D eigenvalue weighted by molar-refractivity contribution is 5.85. The van der Waals surface area contributed by atoms with E-state index in [0.717, 1.165) is 6.20 Å². The molecule has 0 aliphatic heterocycles. The Hall–Kier alpha value is -1.70. The molecule has 0 spiro atoms. The predicted molar refractivity (Wildman–Crippen MR) is 70.7 cm³/mol. The van der Waals surface area contributed by atoms with E-state index in [-0.39, 0.29) is 24.8 Å². The lowest BCUT2D eigenvalue weighted by atomic mass is 10.2. The second kappa shape index (κ2) is 6.65. The number of anilines is 1. The Morgan fingerprint density at radius 2 is 2.05 bits per heavy atom. The first-order valence-electron chi connectivity index (χ1n) is 5.82. The third-order valence-electron chi connectivity index (χ3n) is 2.74. The van der Waals surface area contributed by atoms with Crippen molar-refractivity contribution in [2.24, 2.45) is 0 Å². The van der Waals surface area contributed by atoms with Crippen LogP contribution in [0.4, 0.5) is 19.0 Å². The average Bonchev–Trinajstić information content (AvgIpc) is 2.93. The molecule has 0 bridgehead atoms. The smallest absolute Gasteiger partial charge is 0.333 e. The van der Waals surface area contributed by atoms with Crippen molar-refractivity contribution < 1.29 is 13.2 Å². The van der Waals surface area contributed by atoms with Crippen LogP contribution in [-0.2, 0) is 13.1 Å². The SMILES string of the molecule is CCn1nc(C)c(CNc2ccn(C(F)F)n2)c1F.Cl. The normalized spacial score (nSPS) is 10.7. The predicted octanol–water partition coefficient (Wildman–Crippen LogP) is 2.98. The van der Waals surface area contributed by atoms with Gasteiger partial charge in [0.05, 0.1) is 5.69 Å². The monoisotopic (exact) mass is 309 g/mol. The number of halogens is 4. The van der Waals surface area contributed by atoms with Crippen LogP contribution in [0.3, 0.4) is 0 Å². The van der Waals surface area contributed by atoms with Gasteiger partial charge in [-0.25, -0.2) is 9.36 Å². The molecule has 2 aromatic rings. The Labute approximate surface area is 120 Å². The molecule has 2 rings (SSSR count). The summed E-state index contributed by atoms with van der Waals surface area (Å²) in [4.78, 5) is 0. The molecule has 0 saturated carbocycles. The first kappa shape index (κ1) is 16.4. The van der Waals surface area contributed by atoms with Crippen molar-refractivity contribution in [2.45, 2.75) is 33.5 Å². The van der Waals surface area contributed by atoms with Gasteiger partial charge in [-0.2, -0.15) is 23.4 Å². The van der Waals surface area contributed by atoms with Crippen LogP contribution in [0.2, 0.25) is 0 Å². The van der Waals surface area contributed by atoms with Crippen molar-refractivity contribution >= 4 is 18.2 Å². The van der Waals surface area contributed by atoms with Gasteiger partial charge in [0.1, 0.15) is 5.82 Å². The molecule has 0 aliphatic rings. The Kier molecular flexibility index (Phi) is 5.43. The summed E-state index contributed by atoms with van der Waals surface area (Å²) >= 11 is 0. The first-order valence-corrected chi connectivity index (χ1v) is 5.82. The number of nitrogens with one attached hydrogen (secondary N) is 1. The lowest BCUT2D eigenvalue weighted by Gasteiger charge is -2.02. The van der Waals surface area contributed by atoms with Crippen LogP contribution < -0.4 is 5.32 Å². The Bertz CT molecular complexity index is 566. The van der Waals surface area contributed by atoms with Crippen molar-refractivity contribution in [1.29, 1.82) is 0 Å². The van der Waals surface area contributed by atoms with Crippen LogP contribution in [-0.4, -0.2) is 19.6 Å². The van der Waals surface area contributed by atoms with Crippen molar-refractivity contribution in [2.75, 3.05) is 5.32 Å². The van der Waals surface area contributed by atoms with E-state index in [1.54, 1.807) is 13.8 Å². The van der Waals surface area contributed by atoms with Crippen molar-refractivity contribution in [3.05, 3.63) is 29.5 Å². The molecule has 0 fully saturated rings. The topological polar surface area (TPSA) is 47.7 Å². The summed E-state index contributed by atoms with van der Waals surface area (Å²) in [6, 6.07) is 1.41. The minimum absolute atomic E-state index is 0. The van der Waals surface area contributed by atoms with Crippen LogP contribution in [0.25, 0.3) is 0 Å². The number of alkyl halides is 2. The van der Waals surface area contributed by atoms with Crippen LogP contribution in [0.1, 0.15) is 24.7 Å². The number of aryl methyl sites for hydroxylation is 2. The average molecular weight is 310 g/mol. The molecule has 9 heteroatoms. The lowest BCUT2D eigenvalue weighted by Crippen LogP contribution is -2.05. The molecule has 2 heterocycles. The van der Waals surface area contributed by atoms with Crippen LogP contribution in [0.15, 0.2) is 12.3 Å². The summed E-state index contributed by atoms with van der Waals surface area (Å²) in [5.74, 6) is -0.149. The second-order valence-electron chi connectivity index (χ2n) is 3.98. The minimum atomic E-state index is -2.68. The van der Waals surface area contributed by atoms with Gasteiger partial charge in [-0.05, 0) is 13.8 Å². The van der Waals surface area contributed by atoms with E-state index in [2.05, 4.69) is 15.5 Å². The maximum absolute atomic E-state index is 13.8. The molecule has 1 N–H and O–H groups in total. The number of hydrogen-bond donors (Lipinski definition) is 1. The summed E-state index contributed by atoms with van der Waals surface area (Å²) in [6.45, 7) is 1.39. The number of rotatable bonds is 5. The molecule has 0 amide bonds. The molecular formula is C11H15ClF3N5. The summed E-state index contributed by atoms with van der Waals surface area (Å²) in [5.41, 5.74) is 0.980. The zero-order chi connectivity index (χ0) is 14.0. The molecule has 0 unspecified atom stereocenters. The fourth-order valence-electron chi connectivity index (χ4n) is 1.72. The molecule has 5 nitrogen and oxygen atoms in total. The van der Waals surface area contributed by atoms with Gasteiger partial charge < -0.3 is 5.32 Å². The molecule has 2 aromatic heterocycles. The third-order valence-corrected chi connectivity index (χ3v) is 2.74. The summed E-state index contributed by atoms with van der Waals surface area (Å²) in [5, 5.41) is 10.4. The minimum Gasteiger partial charge on any atom is -0.364 e. The maximum Gasteiger partial charge on any atom is 0.333 e. The van der Waals surface area contributed by atoms with Gasteiger partial charge in [0.2, 0.25) is 5.95 Å². The van der Waals surface area contributed by atoms with Gasteiger partial charge in [0.15, 0.2) is 0 Å². The lowest BCUT2D eigenvalue weighted by molar-refractivity contribution is 0.0569. The van der Waals surface area contributed by atoms with Gasteiger partial charge in [-0.3, -0.25) is 0 Å². The molecule has 0 atom stereocenters. The van der Waals surface area contributed by atoms with Crippen molar-refractivity contribution in [3.8, 4) is 0 Å². The zero-order valence-corrected chi connectivity index (χ0v) is 11.8. The molecular weight excluding hydrogens is 295 g/mol. The first-order chi connectivity index (χ1) is 9.02. The highest BCUT2D eigenvalue weighted by atomic mass is 35.5. The van der Waals surface area contributed by atoms with E-state index < -0.39 is 12.5 Å². The van der Waals surface area contributed by atoms with E-state index in [4.69, 9.17) is 0 Å². The Balaban J connectivity index is 0.00000200. The maximum atomic E-state index is 13.8. The number of aromatic nitrogens is 4. The zero-order valence-electron chi connectivity index (χ0n) is 11.0. The molecule has 0 saturated heterocycles. The third kappa shape index (κ3) is 3.24. The highest BCUT2D eigenvalue weighted by Gasteiger charge is 2.14. The van der Waals surface area contributed by atoms with Crippen molar-refractivity contribution in [1.82, 2.24) is 19.6 Å². The molecule has 0 aromatic carbocycles. The van der Waals surface area contributed by atoms with E-state index in [9.17, 15) is 13.2 Å².